The number of nitrogens with zero attached hydrogens (tertiary/aromatic N) is 4. The molecule has 318 valence electrons. The van der Waals surface area contributed by atoms with Gasteiger partial charge in [0.25, 0.3) is 11.8 Å². The topological polar surface area (TPSA) is 139 Å². The summed E-state index contributed by atoms with van der Waals surface area (Å²) >= 11 is 0. The number of unbranched alkanes of at least 4 members (excludes halogenated alkanes) is 1. The first kappa shape index (κ1) is 43.4. The molecular weight excluding hydrogens is 699 g/mol. The maximum absolute atomic E-state index is 13.2. The molecule has 2 aliphatic heterocycles. The summed E-state index contributed by atoms with van der Waals surface area (Å²) in [5.74, 6) is 4.66. The molecule has 0 spiro atoms. The van der Waals surface area contributed by atoms with E-state index < -0.39 is 11.1 Å². The molecule has 5 fully saturated rings. The number of rotatable bonds is 17. The first-order valence-electron chi connectivity index (χ1n) is 23.7. The minimum Gasteiger partial charge on any atom is -0.378 e. The molecule has 56 heavy (non-hydrogen) atoms. The summed E-state index contributed by atoms with van der Waals surface area (Å²) in [6.45, 7) is 4.26. The van der Waals surface area contributed by atoms with E-state index in [2.05, 4.69) is 12.2 Å². The first-order chi connectivity index (χ1) is 27.1. The van der Waals surface area contributed by atoms with Crippen LogP contribution in [0, 0.1) is 29.6 Å². The van der Waals surface area contributed by atoms with Gasteiger partial charge in [-0.1, -0.05) is 103 Å². The van der Waals surface area contributed by atoms with Crippen LogP contribution in [0.4, 0.5) is 0 Å². The molecule has 0 aromatic carbocycles. The van der Waals surface area contributed by atoms with Gasteiger partial charge in [-0.3, -0.25) is 19.4 Å². The van der Waals surface area contributed by atoms with E-state index in [9.17, 15) is 9.59 Å². The lowest BCUT2D eigenvalue weighted by Gasteiger charge is -2.35. The normalized spacial score (nSPS) is 33.3. The Morgan fingerprint density at radius 3 is 1.62 bits per heavy atom. The molecule has 0 aromatic rings. The van der Waals surface area contributed by atoms with Crippen LogP contribution in [0.3, 0.4) is 0 Å². The predicted molar refractivity (Wildman–Crippen MR) is 228 cm³/mol. The van der Waals surface area contributed by atoms with E-state index in [0.29, 0.717) is 35.9 Å². The Balaban J connectivity index is 0.000000190. The molecule has 7 aliphatic rings. The van der Waals surface area contributed by atoms with Gasteiger partial charge < -0.3 is 21.5 Å². The van der Waals surface area contributed by atoms with Crippen LogP contribution in [-0.4, -0.2) is 84.0 Å². The zero-order chi connectivity index (χ0) is 39.5. The van der Waals surface area contributed by atoms with Crippen molar-refractivity contribution < 1.29 is 14.3 Å². The number of carbonyl (C=O) groups is 2. The van der Waals surface area contributed by atoms with E-state index in [0.717, 1.165) is 82.1 Å². The van der Waals surface area contributed by atoms with Crippen molar-refractivity contribution in [3.05, 3.63) is 0 Å². The van der Waals surface area contributed by atoms with Gasteiger partial charge in [0.15, 0.2) is 11.9 Å². The Morgan fingerprint density at radius 2 is 1.14 bits per heavy atom. The predicted octanol–water partition coefficient (Wildman–Crippen LogP) is 8.46. The molecule has 0 bridgehead atoms. The van der Waals surface area contributed by atoms with Crippen molar-refractivity contribution in [2.24, 2.45) is 51.0 Å². The molecule has 5 saturated carbocycles. The number of amides is 2. The average Bonchev–Trinajstić information content (AvgIpc) is 4.00. The van der Waals surface area contributed by atoms with E-state index in [1.54, 1.807) is 23.9 Å². The molecular formula is C46H81N7O3. The minimum atomic E-state index is -0.619. The van der Waals surface area contributed by atoms with Crippen molar-refractivity contribution in [1.29, 1.82) is 0 Å². The van der Waals surface area contributed by atoms with E-state index >= 15 is 0 Å². The maximum atomic E-state index is 13.2. The second-order valence-electron chi connectivity index (χ2n) is 19.7. The lowest BCUT2D eigenvalue weighted by molar-refractivity contribution is -0.132. The molecule has 6 atom stereocenters. The second-order valence-corrected chi connectivity index (χ2v) is 19.7. The Labute approximate surface area is 340 Å². The molecule has 2 heterocycles. The monoisotopic (exact) mass is 780 g/mol. The van der Waals surface area contributed by atoms with Gasteiger partial charge in [0, 0.05) is 26.7 Å². The van der Waals surface area contributed by atoms with Crippen LogP contribution in [0.15, 0.2) is 9.98 Å². The third-order valence-electron chi connectivity index (χ3n) is 15.1. The van der Waals surface area contributed by atoms with Crippen LogP contribution in [0.5, 0.6) is 0 Å². The quantitative estimate of drug-likeness (QED) is 0.127. The third-order valence-corrected chi connectivity index (χ3v) is 15.1. The van der Waals surface area contributed by atoms with E-state index in [4.69, 9.17) is 26.2 Å². The van der Waals surface area contributed by atoms with Crippen LogP contribution in [0.25, 0.3) is 0 Å². The fraction of sp³-hybridized carbons (Fsp3) is 0.913. The molecule has 7 rings (SSSR count). The zero-order valence-electron chi connectivity index (χ0n) is 35.9. The number of likely N-dealkylation sites (N-methyl/N-ethyl adjacent to an activating group) is 2. The average molecular weight is 780 g/mol. The number of ether oxygens (including phenoxy) is 1. The highest BCUT2D eigenvalue weighted by Gasteiger charge is 2.49. The number of nitrogens with two attached hydrogens (primary N) is 2. The standard InChI is InChI=1S/C23H40N4O.C23H41N3O2/c1-27-21(28)23(26-22(27)24,13-12-17-6-3-2-4-7-17)15-19-8-5-9-20(14-19)25-16-18-10-11-18;1-3-4-15-28-20-12-8-11-19(16-20)17-23(21(27)26(2)22(24)25-23)14-13-18-9-6-5-7-10-18/h17-20,25H,2-16H2,1H3,(H2,24,26);18-20H,3-17H2,1-2H3,(H2,24,25)/t19-,20-,23-;19-,20+,23+/m10/s1. The minimum absolute atomic E-state index is 0.120. The van der Waals surface area contributed by atoms with Gasteiger partial charge in [0.05, 0.1) is 6.10 Å². The molecule has 0 unspecified atom stereocenters. The van der Waals surface area contributed by atoms with Crippen LogP contribution in [-0.2, 0) is 14.3 Å². The third kappa shape index (κ3) is 11.7. The number of aliphatic imine (C=N–C) groups is 2. The van der Waals surface area contributed by atoms with Gasteiger partial charge >= 0.3 is 0 Å². The maximum Gasteiger partial charge on any atom is 0.257 e. The highest BCUT2D eigenvalue weighted by Crippen LogP contribution is 2.43. The van der Waals surface area contributed by atoms with Gasteiger partial charge in [-0.15, -0.1) is 0 Å². The largest absolute Gasteiger partial charge is 0.378 e. The number of hydrogen-bond acceptors (Lipinski definition) is 8. The Hall–Kier alpha value is -2.20. The molecule has 10 nitrogen and oxygen atoms in total. The molecule has 2 amide bonds. The second kappa shape index (κ2) is 20.7. The zero-order valence-corrected chi connectivity index (χ0v) is 35.9. The molecule has 0 radical (unpaired) electrons. The van der Waals surface area contributed by atoms with E-state index in [1.807, 2.05) is 0 Å². The lowest BCUT2D eigenvalue weighted by Crippen LogP contribution is -2.45. The van der Waals surface area contributed by atoms with Crippen LogP contribution < -0.4 is 16.8 Å². The fourth-order valence-corrected chi connectivity index (χ4v) is 11.4. The Bertz CT molecular complexity index is 1320. The molecule has 0 aromatic heterocycles. The number of nitrogens with one attached hydrogen (secondary N) is 1. The van der Waals surface area contributed by atoms with E-state index in [-0.39, 0.29) is 11.8 Å². The van der Waals surface area contributed by atoms with Crippen molar-refractivity contribution in [3.63, 3.8) is 0 Å². The highest BCUT2D eigenvalue weighted by atomic mass is 16.5. The molecule has 0 saturated heterocycles. The Morgan fingerprint density at radius 1 is 0.643 bits per heavy atom. The van der Waals surface area contributed by atoms with E-state index in [1.165, 1.54) is 129 Å². The van der Waals surface area contributed by atoms with Crippen molar-refractivity contribution in [3.8, 4) is 0 Å². The molecule has 5 aliphatic carbocycles. The summed E-state index contributed by atoms with van der Waals surface area (Å²) in [6, 6.07) is 0.630. The van der Waals surface area contributed by atoms with Crippen molar-refractivity contribution in [2.45, 2.75) is 210 Å². The summed E-state index contributed by atoms with van der Waals surface area (Å²) in [7, 11) is 3.57. The summed E-state index contributed by atoms with van der Waals surface area (Å²) < 4.78 is 6.12. The smallest absolute Gasteiger partial charge is 0.257 e. The highest BCUT2D eigenvalue weighted by molar-refractivity contribution is 6.07. The first-order valence-corrected chi connectivity index (χ1v) is 23.7. The number of guanidine groups is 2. The van der Waals surface area contributed by atoms with Crippen molar-refractivity contribution in [1.82, 2.24) is 15.1 Å². The summed E-state index contributed by atoms with van der Waals surface area (Å²) in [5, 5.41) is 3.81. The number of carbonyl (C=O) groups excluding carboxylic acids is 2. The fourth-order valence-electron chi connectivity index (χ4n) is 11.4. The summed E-state index contributed by atoms with van der Waals surface area (Å²) in [5.41, 5.74) is 11.0. The van der Waals surface area contributed by atoms with Crippen LogP contribution in [0.1, 0.15) is 187 Å². The van der Waals surface area contributed by atoms with Crippen LogP contribution >= 0.6 is 0 Å². The van der Waals surface area contributed by atoms with Gasteiger partial charge in [-0.05, 0) is 120 Å². The van der Waals surface area contributed by atoms with Gasteiger partial charge in [0.2, 0.25) is 0 Å². The van der Waals surface area contributed by atoms with Gasteiger partial charge in [0.1, 0.15) is 11.1 Å². The van der Waals surface area contributed by atoms with Crippen molar-refractivity contribution >= 4 is 23.7 Å². The van der Waals surface area contributed by atoms with Crippen LogP contribution in [0.2, 0.25) is 0 Å². The SMILES string of the molecule is CCCCO[C@@H]1CCC[C@H](C[C@@]2(CCC3CCCCC3)N=C(N)N(C)C2=O)C1.CN1C(=O)[C@@](CCC2CCCCC2)(C[C@@H]2CCC[C@@H](NCC3CC3)C2)N=C1N. The molecule has 5 N–H and O–H groups in total. The van der Waals surface area contributed by atoms with Gasteiger partial charge in [-0.2, -0.15) is 0 Å². The summed E-state index contributed by atoms with van der Waals surface area (Å²) in [6.07, 6.45) is 34.3. The van der Waals surface area contributed by atoms with Gasteiger partial charge in [-0.25, -0.2) is 9.98 Å². The molecule has 10 heteroatoms. The Kier molecular flexibility index (Phi) is 16.0. The summed E-state index contributed by atoms with van der Waals surface area (Å²) in [4.78, 5) is 39.2. The lowest BCUT2D eigenvalue weighted by atomic mass is 9.74. The number of hydrogen-bond donors (Lipinski definition) is 3. The van der Waals surface area contributed by atoms with Crippen molar-refractivity contribution in [2.75, 3.05) is 27.2 Å².